The van der Waals surface area contributed by atoms with Gasteiger partial charge in [0.2, 0.25) is 0 Å². The van der Waals surface area contributed by atoms with Crippen LogP contribution in [0.5, 0.6) is 0 Å². The summed E-state index contributed by atoms with van der Waals surface area (Å²) in [5.41, 5.74) is 6.14. The Morgan fingerprint density at radius 1 is 0.765 bits per heavy atom. The van der Waals surface area contributed by atoms with E-state index in [1.54, 1.807) is 11.1 Å². The van der Waals surface area contributed by atoms with Crippen molar-refractivity contribution in [3.05, 3.63) is 46.5 Å². The topological polar surface area (TPSA) is 9.23 Å². The van der Waals surface area contributed by atoms with E-state index in [1.807, 2.05) is 0 Å². The van der Waals surface area contributed by atoms with Crippen LogP contribution in [0, 0.1) is 0 Å². The van der Waals surface area contributed by atoms with Crippen molar-refractivity contribution in [2.24, 2.45) is 0 Å². The van der Waals surface area contributed by atoms with Gasteiger partial charge in [-0.1, -0.05) is 37.1 Å². The number of ether oxygens (including phenoxy) is 1. The number of benzene rings is 1. The zero-order valence-electron chi connectivity index (χ0n) is 10.1. The highest BCUT2D eigenvalue weighted by molar-refractivity contribution is 5.52. The second-order valence-electron chi connectivity index (χ2n) is 5.49. The van der Waals surface area contributed by atoms with E-state index in [2.05, 4.69) is 24.3 Å². The van der Waals surface area contributed by atoms with E-state index in [0.717, 1.165) is 0 Å². The molecule has 1 aromatic rings. The molecule has 0 aromatic heterocycles. The Bertz CT molecular complexity index is 444. The largest absolute Gasteiger partial charge is 0.357 e. The van der Waals surface area contributed by atoms with Gasteiger partial charge in [0.1, 0.15) is 12.2 Å². The third kappa shape index (κ3) is 1.42. The van der Waals surface area contributed by atoms with Gasteiger partial charge in [-0.3, -0.25) is 0 Å². The summed E-state index contributed by atoms with van der Waals surface area (Å²) in [5, 5.41) is 0. The molecule has 2 heterocycles. The molecule has 2 aliphatic heterocycles. The molecule has 0 spiro atoms. The van der Waals surface area contributed by atoms with Gasteiger partial charge >= 0.3 is 0 Å². The van der Waals surface area contributed by atoms with Crippen molar-refractivity contribution in [2.45, 2.75) is 50.7 Å². The quantitative estimate of drug-likeness (QED) is 0.607. The lowest BCUT2D eigenvalue weighted by molar-refractivity contribution is 0.0873. The van der Waals surface area contributed by atoms with Crippen molar-refractivity contribution in [1.82, 2.24) is 0 Å². The molecule has 0 fully saturated rings. The van der Waals surface area contributed by atoms with Crippen LogP contribution < -0.4 is 0 Å². The highest BCUT2D eigenvalue weighted by Crippen LogP contribution is 2.49. The Kier molecular flexibility index (Phi) is 2.16. The molecule has 0 saturated carbocycles. The van der Waals surface area contributed by atoms with Crippen molar-refractivity contribution in [1.29, 1.82) is 0 Å². The third-order valence-corrected chi connectivity index (χ3v) is 4.43. The van der Waals surface area contributed by atoms with E-state index < -0.39 is 0 Å². The van der Waals surface area contributed by atoms with Crippen molar-refractivity contribution in [3.63, 3.8) is 0 Å². The van der Waals surface area contributed by atoms with Crippen LogP contribution in [0.25, 0.3) is 0 Å². The van der Waals surface area contributed by atoms with Crippen LogP contribution in [0.15, 0.2) is 24.3 Å². The second kappa shape index (κ2) is 3.71. The monoisotopic (exact) mass is 226 g/mol. The number of fused-ring (bicyclic) bond motifs is 10. The molecule has 17 heavy (non-hydrogen) atoms. The Hall–Kier alpha value is -1.08. The Morgan fingerprint density at radius 3 is 1.82 bits per heavy atom. The molecule has 4 rings (SSSR count). The Labute approximate surface area is 102 Å². The van der Waals surface area contributed by atoms with Crippen molar-refractivity contribution >= 4 is 0 Å². The lowest BCUT2D eigenvalue weighted by Crippen LogP contribution is -2.06. The summed E-state index contributed by atoms with van der Waals surface area (Å²) in [6.07, 6.45) is 13.0. The van der Waals surface area contributed by atoms with Gasteiger partial charge in [-0.15, -0.1) is 0 Å². The van der Waals surface area contributed by atoms with E-state index in [9.17, 15) is 0 Å². The predicted octanol–water partition coefficient (Wildman–Crippen LogP) is 4.03. The normalized spacial score (nSPS) is 29.6. The van der Waals surface area contributed by atoms with Gasteiger partial charge in [0.05, 0.1) is 0 Å². The molecule has 1 aromatic carbocycles. The van der Waals surface area contributed by atoms with E-state index in [1.165, 1.54) is 49.7 Å². The van der Waals surface area contributed by atoms with Crippen molar-refractivity contribution in [3.8, 4) is 0 Å². The van der Waals surface area contributed by atoms with Gasteiger partial charge in [0.15, 0.2) is 0 Å². The SMILES string of the molecule is C1=C[C@H]2O[C@@H]1c1c3ccc(c12)CCCCCC3. The Morgan fingerprint density at radius 2 is 1.29 bits per heavy atom. The summed E-state index contributed by atoms with van der Waals surface area (Å²) in [7, 11) is 0. The first-order valence-corrected chi connectivity index (χ1v) is 6.92. The first kappa shape index (κ1) is 9.90. The molecule has 1 nitrogen and oxygen atoms in total. The number of rotatable bonds is 0. The Balaban J connectivity index is 1.89. The first-order chi connectivity index (χ1) is 8.43. The summed E-state index contributed by atoms with van der Waals surface area (Å²) in [6.45, 7) is 0. The zero-order chi connectivity index (χ0) is 11.2. The molecular formula is C16H18O. The second-order valence-corrected chi connectivity index (χ2v) is 5.49. The van der Waals surface area contributed by atoms with Crippen molar-refractivity contribution in [2.75, 3.05) is 0 Å². The van der Waals surface area contributed by atoms with Crippen LogP contribution in [0.4, 0.5) is 0 Å². The molecule has 3 aliphatic rings. The van der Waals surface area contributed by atoms with Crippen LogP contribution in [-0.2, 0) is 17.6 Å². The number of hydrogen-bond acceptors (Lipinski definition) is 1. The maximum absolute atomic E-state index is 6.03. The fourth-order valence-electron chi connectivity index (χ4n) is 3.60. The zero-order valence-corrected chi connectivity index (χ0v) is 10.1. The van der Waals surface area contributed by atoms with Crippen LogP contribution in [0.1, 0.15) is 60.1 Å². The van der Waals surface area contributed by atoms with Gasteiger partial charge in [-0.05, 0) is 47.9 Å². The minimum absolute atomic E-state index is 0.268. The van der Waals surface area contributed by atoms with Gasteiger partial charge in [0.25, 0.3) is 0 Å². The number of hydrogen-bond donors (Lipinski definition) is 0. The fraction of sp³-hybridized carbons (Fsp3) is 0.500. The van der Waals surface area contributed by atoms with E-state index in [-0.39, 0.29) is 12.2 Å². The predicted molar refractivity (Wildman–Crippen MR) is 68.0 cm³/mol. The first-order valence-electron chi connectivity index (χ1n) is 6.92. The molecule has 0 radical (unpaired) electrons. The maximum Gasteiger partial charge on any atom is 0.103 e. The van der Waals surface area contributed by atoms with E-state index >= 15 is 0 Å². The molecule has 0 N–H and O–H groups in total. The summed E-state index contributed by atoms with van der Waals surface area (Å²) in [4.78, 5) is 0. The van der Waals surface area contributed by atoms with Crippen LogP contribution >= 0.6 is 0 Å². The highest BCUT2D eigenvalue weighted by atomic mass is 16.5. The van der Waals surface area contributed by atoms with Crippen LogP contribution in [0.3, 0.4) is 0 Å². The summed E-state index contributed by atoms with van der Waals surface area (Å²) in [5.74, 6) is 0. The third-order valence-electron chi connectivity index (χ3n) is 4.43. The minimum atomic E-state index is 0.268. The van der Waals surface area contributed by atoms with E-state index in [4.69, 9.17) is 4.74 Å². The lowest BCUT2D eigenvalue weighted by Gasteiger charge is -2.19. The number of aryl methyl sites for hydroxylation is 2. The van der Waals surface area contributed by atoms with Gasteiger partial charge in [0, 0.05) is 0 Å². The van der Waals surface area contributed by atoms with Gasteiger partial charge in [-0.2, -0.15) is 0 Å². The molecular weight excluding hydrogens is 208 g/mol. The van der Waals surface area contributed by atoms with E-state index in [0.29, 0.717) is 0 Å². The minimum Gasteiger partial charge on any atom is -0.357 e. The fourth-order valence-corrected chi connectivity index (χ4v) is 3.60. The molecule has 0 unspecified atom stereocenters. The summed E-state index contributed by atoms with van der Waals surface area (Å²) < 4.78 is 6.03. The lowest BCUT2D eigenvalue weighted by atomic mass is 9.84. The average molecular weight is 226 g/mol. The molecule has 0 saturated heterocycles. The molecule has 88 valence electrons. The van der Waals surface area contributed by atoms with Crippen molar-refractivity contribution < 1.29 is 4.74 Å². The molecule has 2 atom stereocenters. The average Bonchev–Trinajstić information content (AvgIpc) is 2.98. The van der Waals surface area contributed by atoms with Gasteiger partial charge in [-0.25, -0.2) is 0 Å². The van der Waals surface area contributed by atoms with Crippen LogP contribution in [0.2, 0.25) is 0 Å². The maximum atomic E-state index is 6.03. The standard InChI is InChI=1S/C16H18O/c1-2-4-6-12-8-7-11(5-3-1)15-13-9-10-14(17-13)16(12)15/h7-10,13-14H,1-6H2/t13-,14+. The highest BCUT2D eigenvalue weighted by Gasteiger charge is 2.37. The van der Waals surface area contributed by atoms with Crippen LogP contribution in [-0.4, -0.2) is 0 Å². The molecule has 0 amide bonds. The van der Waals surface area contributed by atoms with Gasteiger partial charge < -0.3 is 4.74 Å². The molecule has 4 bridgehead atoms. The molecule has 1 heteroatoms. The molecule has 1 aliphatic carbocycles. The smallest absolute Gasteiger partial charge is 0.103 e. The summed E-state index contributed by atoms with van der Waals surface area (Å²) in [6, 6.07) is 4.72. The summed E-state index contributed by atoms with van der Waals surface area (Å²) >= 11 is 0.